The quantitative estimate of drug-likeness (QED) is 0.440. The van der Waals surface area contributed by atoms with Crippen molar-refractivity contribution in [3.63, 3.8) is 0 Å². The van der Waals surface area contributed by atoms with Crippen LogP contribution in [-0.2, 0) is 9.53 Å². The topological polar surface area (TPSA) is 89.9 Å². The number of aromatic amines is 1. The molecule has 2 aromatic heterocycles. The number of fused-ring (bicyclic) bond motifs is 1. The fraction of sp³-hybridized carbons (Fsp3) is 0.200. The number of benzene rings is 1. The molecule has 0 fully saturated rings. The van der Waals surface area contributed by atoms with Gasteiger partial charge < -0.3 is 9.72 Å². The molecule has 1 aromatic carbocycles. The van der Waals surface area contributed by atoms with Crippen LogP contribution < -0.4 is 5.56 Å². The minimum absolute atomic E-state index is 0.253. The Balaban J connectivity index is 2.07. The predicted octanol–water partition coefficient (Wildman–Crippen LogP) is 1.90. The molecule has 0 amide bonds. The molecule has 7 nitrogen and oxygen atoms in total. The molecule has 0 aliphatic carbocycles. The Morgan fingerprint density at radius 3 is 2.96 bits per heavy atom. The van der Waals surface area contributed by atoms with Crippen LogP contribution >= 0.6 is 11.8 Å². The van der Waals surface area contributed by atoms with Crippen molar-refractivity contribution in [2.45, 2.75) is 17.3 Å². The van der Waals surface area contributed by atoms with Gasteiger partial charge in [-0.3, -0.25) is 9.59 Å². The van der Waals surface area contributed by atoms with Crippen molar-refractivity contribution in [2.24, 2.45) is 0 Å². The van der Waals surface area contributed by atoms with Gasteiger partial charge in [0.1, 0.15) is 16.5 Å². The van der Waals surface area contributed by atoms with E-state index >= 15 is 0 Å². The molecule has 0 radical (unpaired) electrons. The first kappa shape index (κ1) is 16.2. The lowest BCUT2D eigenvalue weighted by molar-refractivity contribution is -0.139. The number of nitrogens with zero attached hydrogens (tertiary/aromatic N) is 3. The Morgan fingerprint density at radius 1 is 1.46 bits per heavy atom. The number of hydrogen-bond donors (Lipinski definition) is 1. The van der Waals surface area contributed by atoms with Gasteiger partial charge in [0.25, 0.3) is 5.56 Å². The number of esters is 1. The number of hydrogen-bond acceptors (Lipinski definition) is 6. The van der Waals surface area contributed by atoms with Crippen molar-refractivity contribution >= 4 is 28.8 Å². The molecule has 1 N–H and O–H groups in total. The number of H-pyrrole nitrogens is 1. The fourth-order valence-corrected chi connectivity index (χ4v) is 2.95. The first-order valence-electron chi connectivity index (χ1n) is 6.98. The summed E-state index contributed by atoms with van der Waals surface area (Å²) >= 11 is 1.06. The van der Waals surface area contributed by atoms with Gasteiger partial charge in [0.05, 0.1) is 19.0 Å². The monoisotopic (exact) mass is 348 g/mol. The lowest BCUT2D eigenvalue weighted by Crippen LogP contribution is -2.17. The standard InChI is InChI=1S/C15H13FN4O3S/c1-8(14(22)23-2)24-15-18-12-11(13(21)19-15)7-17-20(12)10-5-3-4-9(16)6-10/h3-8H,1-2H3,(H,18,19,21). The zero-order chi connectivity index (χ0) is 17.3. The molecule has 0 saturated heterocycles. The largest absolute Gasteiger partial charge is 0.468 e. The van der Waals surface area contributed by atoms with Gasteiger partial charge in [0.2, 0.25) is 0 Å². The van der Waals surface area contributed by atoms with E-state index in [9.17, 15) is 14.0 Å². The van der Waals surface area contributed by atoms with Crippen molar-refractivity contribution < 1.29 is 13.9 Å². The summed E-state index contributed by atoms with van der Waals surface area (Å²) in [7, 11) is 1.29. The number of rotatable bonds is 4. The number of ether oxygens (including phenoxy) is 1. The number of carbonyl (C=O) groups excluding carboxylic acids is 1. The predicted molar refractivity (Wildman–Crippen MR) is 86.8 cm³/mol. The number of thioether (sulfide) groups is 1. The van der Waals surface area contributed by atoms with Gasteiger partial charge in [-0.25, -0.2) is 14.1 Å². The highest BCUT2D eigenvalue weighted by Crippen LogP contribution is 2.22. The summed E-state index contributed by atoms with van der Waals surface area (Å²) in [6.07, 6.45) is 1.37. The van der Waals surface area contributed by atoms with Crippen LogP contribution in [0.5, 0.6) is 0 Å². The Labute approximate surface area is 139 Å². The summed E-state index contributed by atoms with van der Waals surface area (Å²) in [5.41, 5.74) is 0.339. The van der Waals surface area contributed by atoms with Crippen LogP contribution in [0.25, 0.3) is 16.7 Å². The van der Waals surface area contributed by atoms with E-state index < -0.39 is 17.0 Å². The summed E-state index contributed by atoms with van der Waals surface area (Å²) in [6.45, 7) is 1.64. The maximum absolute atomic E-state index is 13.4. The molecular formula is C15H13FN4O3S. The summed E-state index contributed by atoms with van der Waals surface area (Å²) in [6, 6.07) is 5.80. The van der Waals surface area contributed by atoms with E-state index in [0.717, 1.165) is 11.8 Å². The van der Waals surface area contributed by atoms with Crippen LogP contribution in [0.3, 0.4) is 0 Å². The van der Waals surface area contributed by atoms with Crippen molar-refractivity contribution in [1.29, 1.82) is 0 Å². The number of nitrogens with one attached hydrogen (secondary N) is 1. The second kappa shape index (κ2) is 6.44. The molecule has 0 saturated carbocycles. The third kappa shape index (κ3) is 3.02. The first-order valence-corrected chi connectivity index (χ1v) is 7.86. The van der Waals surface area contributed by atoms with Crippen molar-refractivity contribution in [2.75, 3.05) is 7.11 Å². The van der Waals surface area contributed by atoms with E-state index in [4.69, 9.17) is 0 Å². The summed E-state index contributed by atoms with van der Waals surface area (Å²) in [4.78, 5) is 30.6. The molecule has 1 atom stereocenters. The van der Waals surface area contributed by atoms with Crippen molar-refractivity contribution in [3.8, 4) is 5.69 Å². The molecule has 124 valence electrons. The second-order valence-corrected chi connectivity index (χ2v) is 6.26. The highest BCUT2D eigenvalue weighted by atomic mass is 32.2. The zero-order valence-electron chi connectivity index (χ0n) is 12.8. The van der Waals surface area contributed by atoms with Gasteiger partial charge in [0, 0.05) is 0 Å². The summed E-state index contributed by atoms with van der Waals surface area (Å²) in [5, 5.41) is 4.09. The molecular weight excluding hydrogens is 335 g/mol. The third-order valence-electron chi connectivity index (χ3n) is 3.29. The molecule has 9 heteroatoms. The van der Waals surface area contributed by atoms with Crippen LogP contribution in [0.2, 0.25) is 0 Å². The van der Waals surface area contributed by atoms with E-state index in [1.54, 1.807) is 19.1 Å². The van der Waals surface area contributed by atoms with Crippen LogP contribution in [-0.4, -0.2) is 38.1 Å². The molecule has 24 heavy (non-hydrogen) atoms. The normalized spacial score (nSPS) is 12.3. The van der Waals surface area contributed by atoms with Crippen molar-refractivity contribution in [3.05, 3.63) is 46.6 Å². The van der Waals surface area contributed by atoms with Crippen LogP contribution in [0, 0.1) is 5.82 Å². The van der Waals surface area contributed by atoms with Gasteiger partial charge in [-0.1, -0.05) is 17.8 Å². The van der Waals surface area contributed by atoms with Crippen LogP contribution in [0.15, 0.2) is 40.4 Å². The first-order chi connectivity index (χ1) is 11.5. The maximum Gasteiger partial charge on any atom is 0.318 e. The Hall–Kier alpha value is -2.68. The van der Waals surface area contributed by atoms with Gasteiger partial charge >= 0.3 is 5.97 Å². The molecule has 0 spiro atoms. The smallest absolute Gasteiger partial charge is 0.318 e. The number of methoxy groups -OCH3 is 1. The third-order valence-corrected chi connectivity index (χ3v) is 4.25. The van der Waals surface area contributed by atoms with E-state index in [1.807, 2.05) is 0 Å². The number of aromatic nitrogens is 4. The lowest BCUT2D eigenvalue weighted by Gasteiger charge is -2.08. The fourth-order valence-electron chi connectivity index (χ4n) is 2.13. The highest BCUT2D eigenvalue weighted by molar-refractivity contribution is 8.00. The van der Waals surface area contributed by atoms with E-state index in [-0.39, 0.29) is 21.7 Å². The minimum atomic E-state index is -0.541. The van der Waals surface area contributed by atoms with Crippen LogP contribution in [0.4, 0.5) is 4.39 Å². The average molecular weight is 348 g/mol. The second-order valence-electron chi connectivity index (χ2n) is 4.93. The Kier molecular flexibility index (Phi) is 4.34. The Morgan fingerprint density at radius 2 is 2.25 bits per heavy atom. The van der Waals surface area contributed by atoms with Gasteiger partial charge in [-0.15, -0.1) is 0 Å². The average Bonchev–Trinajstić information content (AvgIpc) is 2.98. The molecule has 2 heterocycles. The van der Waals surface area contributed by atoms with E-state index in [2.05, 4.69) is 19.8 Å². The van der Waals surface area contributed by atoms with E-state index in [0.29, 0.717) is 5.69 Å². The molecule has 1 unspecified atom stereocenters. The highest BCUT2D eigenvalue weighted by Gasteiger charge is 2.18. The van der Waals surface area contributed by atoms with Gasteiger partial charge in [0.15, 0.2) is 10.8 Å². The zero-order valence-corrected chi connectivity index (χ0v) is 13.6. The lowest BCUT2D eigenvalue weighted by atomic mass is 10.3. The summed E-state index contributed by atoms with van der Waals surface area (Å²) in [5.74, 6) is -0.851. The van der Waals surface area contributed by atoms with E-state index in [1.165, 1.54) is 30.1 Å². The van der Waals surface area contributed by atoms with Crippen molar-refractivity contribution in [1.82, 2.24) is 19.7 Å². The van der Waals surface area contributed by atoms with Gasteiger partial charge in [-0.05, 0) is 25.1 Å². The SMILES string of the molecule is COC(=O)C(C)Sc1nc2c(cnn2-c2cccc(F)c2)c(=O)[nH]1. The van der Waals surface area contributed by atoms with Crippen LogP contribution in [0.1, 0.15) is 6.92 Å². The number of halogens is 1. The Bertz CT molecular complexity index is 969. The molecule has 0 aliphatic heterocycles. The minimum Gasteiger partial charge on any atom is -0.468 e. The van der Waals surface area contributed by atoms with Gasteiger partial charge in [-0.2, -0.15) is 5.10 Å². The maximum atomic E-state index is 13.4. The molecule has 0 bridgehead atoms. The summed E-state index contributed by atoms with van der Waals surface area (Å²) < 4.78 is 19.5. The molecule has 3 aromatic rings. The molecule has 0 aliphatic rings. The molecule has 3 rings (SSSR count). The number of carbonyl (C=O) groups is 1.